The molecule has 3 heterocycles. The first-order valence-corrected chi connectivity index (χ1v) is 7.68. The van der Waals surface area contributed by atoms with Crippen molar-refractivity contribution >= 4 is 29.0 Å². The largest absolute Gasteiger partial charge is 0.454 e. The van der Waals surface area contributed by atoms with E-state index in [0.717, 1.165) is 0 Å². The molecule has 0 aromatic carbocycles. The zero-order valence-electron chi connectivity index (χ0n) is 12.1. The first-order chi connectivity index (χ1) is 10.4. The summed E-state index contributed by atoms with van der Waals surface area (Å²) in [4.78, 5) is 41.4. The van der Waals surface area contributed by atoms with Crippen LogP contribution in [0.25, 0.3) is 0 Å². The molecule has 0 N–H and O–H groups in total. The number of hydrogen-bond acceptors (Lipinski definition) is 7. The molecule has 2 aliphatic heterocycles. The Morgan fingerprint density at radius 1 is 1.50 bits per heavy atom. The van der Waals surface area contributed by atoms with Crippen LogP contribution in [0, 0.1) is 0 Å². The van der Waals surface area contributed by atoms with Gasteiger partial charge in [-0.15, -0.1) is 11.3 Å². The Morgan fingerprint density at radius 3 is 2.82 bits per heavy atom. The van der Waals surface area contributed by atoms with Crippen LogP contribution in [-0.4, -0.2) is 34.1 Å². The van der Waals surface area contributed by atoms with Crippen LogP contribution in [0.15, 0.2) is 23.2 Å². The molecule has 1 amide bonds. The maximum atomic E-state index is 12.7. The van der Waals surface area contributed by atoms with E-state index in [0.29, 0.717) is 24.4 Å². The van der Waals surface area contributed by atoms with Crippen LogP contribution in [0.1, 0.15) is 31.7 Å². The number of nitrogens with zero attached hydrogens (tertiary/aromatic N) is 2. The van der Waals surface area contributed by atoms with E-state index < -0.39 is 17.4 Å². The molecule has 7 nitrogen and oxygen atoms in total. The standard InChI is InChI=1S/C14H14N2O5S/c1-8(17)20-10-11(19)14(2,13-15-5-7-22-13)21-12(10)16-6-3-4-9(16)18/h5,7H,3-4,6H2,1-2H3. The number of thiazole rings is 1. The fourth-order valence-corrected chi connectivity index (χ4v) is 3.21. The maximum absolute atomic E-state index is 12.7. The van der Waals surface area contributed by atoms with Gasteiger partial charge in [-0.1, -0.05) is 0 Å². The van der Waals surface area contributed by atoms with Gasteiger partial charge >= 0.3 is 5.97 Å². The summed E-state index contributed by atoms with van der Waals surface area (Å²) in [5, 5.41) is 2.17. The van der Waals surface area contributed by atoms with E-state index in [9.17, 15) is 14.4 Å². The Balaban J connectivity index is 2.03. The molecule has 0 bridgehead atoms. The van der Waals surface area contributed by atoms with Crippen molar-refractivity contribution in [2.75, 3.05) is 6.54 Å². The average molecular weight is 322 g/mol. The lowest BCUT2D eigenvalue weighted by molar-refractivity contribution is -0.142. The first-order valence-electron chi connectivity index (χ1n) is 6.80. The quantitative estimate of drug-likeness (QED) is 0.780. The molecule has 1 unspecified atom stereocenters. The lowest BCUT2D eigenvalue weighted by Gasteiger charge is -2.23. The highest BCUT2D eigenvalue weighted by molar-refractivity contribution is 7.09. The monoisotopic (exact) mass is 322 g/mol. The molecule has 3 rings (SSSR count). The number of likely N-dealkylation sites (tertiary alicyclic amines) is 1. The van der Waals surface area contributed by atoms with Gasteiger partial charge in [0.15, 0.2) is 0 Å². The van der Waals surface area contributed by atoms with Crippen LogP contribution in [0.4, 0.5) is 0 Å². The Hall–Kier alpha value is -2.22. The SMILES string of the molecule is CC(=O)OC1=C(N2CCCC2=O)OC(C)(c2nccs2)C1=O. The normalized spacial score (nSPS) is 24.9. The second kappa shape index (κ2) is 5.20. The van der Waals surface area contributed by atoms with E-state index in [-0.39, 0.29) is 17.5 Å². The second-order valence-electron chi connectivity index (χ2n) is 5.18. The summed E-state index contributed by atoms with van der Waals surface area (Å²) < 4.78 is 10.8. The van der Waals surface area contributed by atoms with Crippen molar-refractivity contribution in [3.8, 4) is 0 Å². The number of rotatable bonds is 3. The third-order valence-electron chi connectivity index (χ3n) is 3.54. The molecule has 8 heteroatoms. The predicted octanol–water partition coefficient (Wildman–Crippen LogP) is 1.31. The van der Waals surface area contributed by atoms with Crippen LogP contribution < -0.4 is 0 Å². The molecular formula is C14H14N2O5S. The molecule has 1 saturated heterocycles. The minimum Gasteiger partial charge on any atom is -0.454 e. The van der Waals surface area contributed by atoms with Gasteiger partial charge in [0, 0.05) is 31.5 Å². The van der Waals surface area contributed by atoms with Gasteiger partial charge in [0.2, 0.25) is 23.2 Å². The molecule has 0 saturated carbocycles. The molecule has 1 fully saturated rings. The number of ether oxygens (including phenoxy) is 2. The lowest BCUT2D eigenvalue weighted by Crippen LogP contribution is -2.32. The Bertz CT molecular complexity index is 681. The Labute approximate surface area is 130 Å². The predicted molar refractivity (Wildman–Crippen MR) is 75.3 cm³/mol. The number of esters is 1. The minimum atomic E-state index is -1.38. The fraction of sp³-hybridized carbons (Fsp3) is 0.429. The Morgan fingerprint density at radius 2 is 2.27 bits per heavy atom. The average Bonchev–Trinajstić information content (AvgIpc) is 3.16. The van der Waals surface area contributed by atoms with E-state index in [1.807, 2.05) is 0 Å². The summed E-state index contributed by atoms with van der Waals surface area (Å²) in [6, 6.07) is 0. The van der Waals surface area contributed by atoms with E-state index >= 15 is 0 Å². The molecule has 22 heavy (non-hydrogen) atoms. The zero-order chi connectivity index (χ0) is 15.9. The Kier molecular flexibility index (Phi) is 3.48. The molecule has 1 atom stereocenters. The minimum absolute atomic E-state index is 0.0143. The number of hydrogen-bond donors (Lipinski definition) is 0. The second-order valence-corrected chi connectivity index (χ2v) is 6.07. The van der Waals surface area contributed by atoms with E-state index in [1.165, 1.54) is 23.2 Å². The van der Waals surface area contributed by atoms with Crippen LogP contribution in [0.2, 0.25) is 0 Å². The van der Waals surface area contributed by atoms with Gasteiger partial charge in [0.05, 0.1) is 0 Å². The lowest BCUT2D eigenvalue weighted by atomic mass is 10.0. The number of Topliss-reactive ketones (excluding diaryl/α,β-unsaturated/α-hetero) is 1. The molecular weight excluding hydrogens is 308 g/mol. The van der Waals surface area contributed by atoms with Gasteiger partial charge in [-0.2, -0.15) is 0 Å². The molecule has 116 valence electrons. The summed E-state index contributed by atoms with van der Waals surface area (Å²) in [5.41, 5.74) is -1.38. The number of aromatic nitrogens is 1. The molecule has 2 aliphatic rings. The van der Waals surface area contributed by atoms with Gasteiger partial charge in [-0.3, -0.25) is 19.3 Å². The highest BCUT2D eigenvalue weighted by Crippen LogP contribution is 2.42. The first kappa shape index (κ1) is 14.7. The van der Waals surface area contributed by atoms with Crippen molar-refractivity contribution in [3.05, 3.63) is 28.2 Å². The summed E-state index contributed by atoms with van der Waals surface area (Å²) in [7, 11) is 0. The molecule has 1 aromatic heterocycles. The number of ketones is 1. The van der Waals surface area contributed by atoms with Gasteiger partial charge in [-0.05, 0) is 13.3 Å². The van der Waals surface area contributed by atoms with Crippen LogP contribution >= 0.6 is 11.3 Å². The highest BCUT2D eigenvalue weighted by atomic mass is 32.1. The third kappa shape index (κ3) is 2.19. The highest BCUT2D eigenvalue weighted by Gasteiger charge is 2.53. The van der Waals surface area contributed by atoms with Crippen LogP contribution in [0.3, 0.4) is 0 Å². The summed E-state index contributed by atoms with van der Waals surface area (Å²) in [6.45, 7) is 3.19. The maximum Gasteiger partial charge on any atom is 0.308 e. The van der Waals surface area contributed by atoms with Gasteiger partial charge < -0.3 is 9.47 Å². The fourth-order valence-electron chi connectivity index (χ4n) is 2.47. The number of amides is 1. The van der Waals surface area contributed by atoms with Crippen LogP contribution in [-0.2, 0) is 29.5 Å². The van der Waals surface area contributed by atoms with Crippen molar-refractivity contribution in [2.45, 2.75) is 32.3 Å². The van der Waals surface area contributed by atoms with Crippen molar-refractivity contribution < 1.29 is 23.9 Å². The van der Waals surface area contributed by atoms with E-state index in [4.69, 9.17) is 9.47 Å². The van der Waals surface area contributed by atoms with Gasteiger partial charge in [0.25, 0.3) is 5.78 Å². The third-order valence-corrected chi connectivity index (χ3v) is 4.52. The topological polar surface area (TPSA) is 85.8 Å². The molecule has 1 aromatic rings. The van der Waals surface area contributed by atoms with Crippen molar-refractivity contribution in [1.82, 2.24) is 9.88 Å². The van der Waals surface area contributed by atoms with Crippen molar-refractivity contribution in [3.63, 3.8) is 0 Å². The van der Waals surface area contributed by atoms with E-state index in [1.54, 1.807) is 18.5 Å². The van der Waals surface area contributed by atoms with Crippen LogP contribution in [0.5, 0.6) is 0 Å². The molecule has 0 aliphatic carbocycles. The summed E-state index contributed by atoms with van der Waals surface area (Å²) in [6.07, 6.45) is 2.61. The van der Waals surface area contributed by atoms with Gasteiger partial charge in [0.1, 0.15) is 5.01 Å². The van der Waals surface area contributed by atoms with Crippen molar-refractivity contribution in [2.24, 2.45) is 0 Å². The van der Waals surface area contributed by atoms with E-state index in [2.05, 4.69) is 4.98 Å². The molecule has 0 radical (unpaired) electrons. The van der Waals surface area contributed by atoms with Crippen molar-refractivity contribution in [1.29, 1.82) is 0 Å². The summed E-state index contributed by atoms with van der Waals surface area (Å²) in [5.74, 6) is -1.51. The number of carbonyl (C=O) groups excluding carboxylic acids is 3. The summed E-state index contributed by atoms with van der Waals surface area (Å²) >= 11 is 1.26. The number of carbonyl (C=O) groups is 3. The van der Waals surface area contributed by atoms with Gasteiger partial charge in [-0.25, -0.2) is 4.98 Å². The smallest absolute Gasteiger partial charge is 0.308 e. The zero-order valence-corrected chi connectivity index (χ0v) is 12.9. The molecule has 0 spiro atoms.